The molecule has 0 unspecified atom stereocenters. The molecule has 1 fully saturated rings. The second-order valence-corrected chi connectivity index (χ2v) is 9.21. The van der Waals surface area contributed by atoms with Crippen LogP contribution in [0, 0.1) is 5.92 Å². The van der Waals surface area contributed by atoms with Crippen molar-refractivity contribution in [2.24, 2.45) is 5.92 Å². The number of fused-ring (bicyclic) bond motifs is 2. The van der Waals surface area contributed by atoms with E-state index in [2.05, 4.69) is 29.6 Å². The zero-order chi connectivity index (χ0) is 16.7. The van der Waals surface area contributed by atoms with E-state index in [9.17, 15) is 13.2 Å². The van der Waals surface area contributed by atoms with Gasteiger partial charge in [-0.3, -0.25) is 0 Å². The lowest BCUT2D eigenvalue weighted by Gasteiger charge is -2.18. The van der Waals surface area contributed by atoms with E-state index in [0.717, 1.165) is 12.8 Å². The van der Waals surface area contributed by atoms with E-state index in [-0.39, 0.29) is 23.7 Å². The van der Waals surface area contributed by atoms with Crippen LogP contribution >= 0.6 is 0 Å². The Morgan fingerprint density at radius 3 is 2.87 bits per heavy atom. The number of urea groups is 1. The van der Waals surface area contributed by atoms with Crippen molar-refractivity contribution in [2.45, 2.75) is 24.7 Å². The van der Waals surface area contributed by atoms with Gasteiger partial charge in [0, 0.05) is 31.8 Å². The molecule has 0 radical (unpaired) electrons. The second kappa shape index (κ2) is 5.82. The van der Waals surface area contributed by atoms with E-state index < -0.39 is 9.84 Å². The number of sulfone groups is 1. The Morgan fingerprint density at radius 2 is 2.13 bits per heavy atom. The Bertz CT molecular complexity index is 716. The summed E-state index contributed by atoms with van der Waals surface area (Å²) in [5, 5.41) is 2.95. The maximum absolute atomic E-state index is 12.1. The summed E-state index contributed by atoms with van der Waals surface area (Å²) in [6.45, 7) is 0.889. The van der Waals surface area contributed by atoms with Crippen molar-refractivity contribution in [3.63, 3.8) is 0 Å². The number of carbonyl (C=O) groups is 1. The minimum absolute atomic E-state index is 0.00232. The van der Waals surface area contributed by atoms with Crippen LogP contribution in [0.2, 0.25) is 0 Å². The first kappa shape index (κ1) is 16.3. The molecule has 1 spiro atoms. The zero-order valence-corrected chi connectivity index (χ0v) is 14.5. The van der Waals surface area contributed by atoms with E-state index in [4.69, 9.17) is 0 Å². The van der Waals surface area contributed by atoms with Gasteiger partial charge in [0.15, 0.2) is 0 Å². The fourth-order valence-corrected chi connectivity index (χ4v) is 4.36. The minimum atomic E-state index is -3.04. The molecule has 0 aliphatic heterocycles. The number of hydrogen-bond donors (Lipinski definition) is 1. The van der Waals surface area contributed by atoms with E-state index >= 15 is 0 Å². The van der Waals surface area contributed by atoms with E-state index in [1.54, 1.807) is 7.05 Å². The SMILES string of the molecule is CN(CCS(C)(=O)=O)C(=O)NC[C@H]1C[C@@]12CCc1ccccc12. The average molecular weight is 336 g/mol. The predicted molar refractivity (Wildman–Crippen MR) is 90.3 cm³/mol. The van der Waals surface area contributed by atoms with Gasteiger partial charge in [0.1, 0.15) is 9.84 Å². The van der Waals surface area contributed by atoms with Crippen molar-refractivity contribution in [1.82, 2.24) is 10.2 Å². The third kappa shape index (κ3) is 3.37. The van der Waals surface area contributed by atoms with Gasteiger partial charge in [-0.15, -0.1) is 0 Å². The van der Waals surface area contributed by atoms with Crippen LogP contribution in [0.25, 0.3) is 0 Å². The van der Waals surface area contributed by atoms with Gasteiger partial charge in [0.2, 0.25) is 0 Å². The van der Waals surface area contributed by atoms with Crippen molar-refractivity contribution in [3.05, 3.63) is 35.4 Å². The monoisotopic (exact) mass is 336 g/mol. The summed E-state index contributed by atoms with van der Waals surface area (Å²) in [4.78, 5) is 13.5. The van der Waals surface area contributed by atoms with Gasteiger partial charge in [-0.25, -0.2) is 13.2 Å². The largest absolute Gasteiger partial charge is 0.338 e. The maximum Gasteiger partial charge on any atom is 0.317 e. The van der Waals surface area contributed by atoms with Crippen LogP contribution in [0.5, 0.6) is 0 Å². The summed E-state index contributed by atoms with van der Waals surface area (Å²) in [5.41, 5.74) is 3.19. The van der Waals surface area contributed by atoms with Crippen LogP contribution < -0.4 is 5.32 Å². The van der Waals surface area contributed by atoms with E-state index in [1.165, 1.54) is 28.7 Å². The molecule has 2 atom stereocenters. The molecule has 1 aromatic rings. The third-order valence-corrected chi connectivity index (χ3v) is 6.19. The smallest absolute Gasteiger partial charge is 0.317 e. The number of hydrogen-bond acceptors (Lipinski definition) is 3. The number of amides is 2. The number of nitrogens with one attached hydrogen (secondary N) is 1. The highest BCUT2D eigenvalue weighted by Crippen LogP contribution is 2.61. The van der Waals surface area contributed by atoms with Crippen molar-refractivity contribution >= 4 is 15.9 Å². The Morgan fingerprint density at radius 1 is 1.39 bits per heavy atom. The van der Waals surface area contributed by atoms with Crippen molar-refractivity contribution in [1.29, 1.82) is 0 Å². The van der Waals surface area contributed by atoms with Gasteiger partial charge < -0.3 is 10.2 Å². The van der Waals surface area contributed by atoms with Gasteiger partial charge in [-0.1, -0.05) is 24.3 Å². The summed E-state index contributed by atoms with van der Waals surface area (Å²) >= 11 is 0. The Hall–Kier alpha value is -1.56. The average Bonchev–Trinajstić information content (AvgIpc) is 3.09. The molecular formula is C17H24N2O3S. The lowest BCUT2D eigenvalue weighted by atomic mass is 9.95. The van der Waals surface area contributed by atoms with Crippen molar-refractivity contribution in [3.8, 4) is 0 Å². The van der Waals surface area contributed by atoms with Crippen LogP contribution in [-0.4, -0.2) is 51.5 Å². The first-order valence-corrected chi connectivity index (χ1v) is 10.1. The molecule has 2 amide bonds. The Balaban J connectivity index is 1.50. The van der Waals surface area contributed by atoms with Gasteiger partial charge in [-0.05, 0) is 36.3 Å². The number of benzene rings is 1. The summed E-state index contributed by atoms with van der Waals surface area (Å²) in [6.07, 6.45) is 4.63. The molecular weight excluding hydrogens is 312 g/mol. The molecule has 0 saturated heterocycles. The molecule has 5 nitrogen and oxygen atoms in total. The van der Waals surface area contributed by atoms with E-state index in [0.29, 0.717) is 12.5 Å². The molecule has 0 heterocycles. The van der Waals surface area contributed by atoms with Gasteiger partial charge >= 0.3 is 6.03 Å². The molecule has 1 aromatic carbocycles. The summed E-state index contributed by atoms with van der Waals surface area (Å²) in [5.74, 6) is 0.496. The third-order valence-electron chi connectivity index (χ3n) is 5.27. The van der Waals surface area contributed by atoms with E-state index in [1.807, 2.05) is 0 Å². The first-order valence-electron chi connectivity index (χ1n) is 8.07. The first-order chi connectivity index (χ1) is 10.8. The minimum Gasteiger partial charge on any atom is -0.338 e. The molecule has 2 aliphatic carbocycles. The molecule has 2 aliphatic rings. The zero-order valence-electron chi connectivity index (χ0n) is 13.7. The maximum atomic E-state index is 12.1. The molecule has 126 valence electrons. The second-order valence-electron chi connectivity index (χ2n) is 6.95. The van der Waals surface area contributed by atoms with Crippen LogP contribution in [0.4, 0.5) is 4.79 Å². The summed E-state index contributed by atoms with van der Waals surface area (Å²) in [6, 6.07) is 8.42. The van der Waals surface area contributed by atoms with Gasteiger partial charge in [-0.2, -0.15) is 0 Å². The van der Waals surface area contributed by atoms with Crippen LogP contribution in [-0.2, 0) is 21.7 Å². The fraction of sp³-hybridized carbons (Fsp3) is 0.588. The molecule has 6 heteroatoms. The Kier molecular flexibility index (Phi) is 4.12. The number of nitrogens with zero attached hydrogens (tertiary/aromatic N) is 1. The lowest BCUT2D eigenvalue weighted by molar-refractivity contribution is 0.210. The van der Waals surface area contributed by atoms with Crippen LogP contribution in [0.3, 0.4) is 0 Å². The molecule has 0 aromatic heterocycles. The highest BCUT2D eigenvalue weighted by molar-refractivity contribution is 7.90. The molecule has 1 N–H and O–H groups in total. The summed E-state index contributed by atoms with van der Waals surface area (Å²) in [7, 11) is -1.41. The number of carbonyl (C=O) groups excluding carboxylic acids is 1. The van der Waals surface area contributed by atoms with Crippen LogP contribution in [0.1, 0.15) is 24.0 Å². The van der Waals surface area contributed by atoms with Crippen molar-refractivity contribution < 1.29 is 13.2 Å². The Labute approximate surface area is 138 Å². The van der Waals surface area contributed by atoms with Gasteiger partial charge in [0.05, 0.1) is 5.75 Å². The molecule has 23 heavy (non-hydrogen) atoms. The number of rotatable bonds is 5. The number of aryl methyl sites for hydroxylation is 1. The molecule has 1 saturated carbocycles. The topological polar surface area (TPSA) is 66.5 Å². The predicted octanol–water partition coefficient (Wildman–Crippen LogP) is 1.58. The molecule has 3 rings (SSSR count). The highest BCUT2D eigenvalue weighted by atomic mass is 32.2. The fourth-order valence-electron chi connectivity index (χ4n) is 3.75. The van der Waals surface area contributed by atoms with Crippen molar-refractivity contribution in [2.75, 3.05) is 32.1 Å². The lowest BCUT2D eigenvalue weighted by Crippen LogP contribution is -2.40. The molecule has 0 bridgehead atoms. The van der Waals surface area contributed by atoms with Crippen LogP contribution in [0.15, 0.2) is 24.3 Å². The van der Waals surface area contributed by atoms with Gasteiger partial charge in [0.25, 0.3) is 0 Å². The standard InChI is InChI=1S/C17H24N2O3S/c1-19(9-10-23(2,21)22)16(20)18-12-14-11-17(14)8-7-13-5-3-4-6-15(13)17/h3-6,14H,7-12H2,1-2H3,(H,18,20)/t14-,17+/m1/s1. The highest BCUT2D eigenvalue weighted by Gasteiger charge is 2.57. The summed E-state index contributed by atoms with van der Waals surface area (Å²) < 4.78 is 22.3. The quantitative estimate of drug-likeness (QED) is 0.888. The normalized spacial score (nSPS) is 25.2.